The van der Waals surface area contributed by atoms with E-state index in [1.54, 1.807) is 0 Å². The fraction of sp³-hybridized carbons (Fsp3) is 0.400. The number of rotatable bonds is 11. The second-order valence-corrected chi connectivity index (χ2v) is 9.61. The molecule has 0 bridgehead atoms. The first kappa shape index (κ1) is 24.0. The van der Waals surface area contributed by atoms with Crippen molar-refractivity contribution in [2.24, 2.45) is 0 Å². The third-order valence-electron chi connectivity index (χ3n) is 7.07. The lowest BCUT2D eigenvalue weighted by molar-refractivity contribution is -0.677. The summed E-state index contributed by atoms with van der Waals surface area (Å²) in [6.45, 7) is 6.39. The number of para-hydroxylation sites is 2. The molecule has 2 aromatic heterocycles. The average Bonchev–Trinajstić information content (AvgIpc) is 2.83. The number of benzene rings is 2. The van der Waals surface area contributed by atoms with Gasteiger partial charge in [0.25, 0.3) is 0 Å². The van der Waals surface area contributed by atoms with Gasteiger partial charge in [-0.2, -0.15) is 4.57 Å². The predicted molar refractivity (Wildman–Crippen MR) is 143 cm³/mol. The SMILES string of the molecule is Cc1cc(=N)c2ccccc2n1CCCCCCCCCC[n+]1c(C)cc(N)c2ccccc21. The zero-order valence-corrected chi connectivity index (χ0v) is 20.8. The Bertz CT molecular complexity index is 1320. The van der Waals surface area contributed by atoms with Gasteiger partial charge in [-0.05, 0) is 38.0 Å². The molecule has 3 N–H and O–H groups in total. The maximum absolute atomic E-state index is 8.22. The Balaban J connectivity index is 1.15. The van der Waals surface area contributed by atoms with Gasteiger partial charge in [-0.3, -0.25) is 0 Å². The van der Waals surface area contributed by atoms with E-state index in [1.165, 1.54) is 73.8 Å². The summed E-state index contributed by atoms with van der Waals surface area (Å²) in [5, 5.41) is 11.1. The molecule has 0 atom stereocenters. The van der Waals surface area contributed by atoms with Gasteiger partial charge >= 0.3 is 0 Å². The molecule has 0 saturated carbocycles. The van der Waals surface area contributed by atoms with Gasteiger partial charge in [0.15, 0.2) is 5.69 Å². The predicted octanol–water partition coefficient (Wildman–Crippen LogP) is 6.58. The summed E-state index contributed by atoms with van der Waals surface area (Å²) in [5.41, 5.74) is 12.0. The standard InChI is InChI=1S/C30H38N4/c1-23-21-27(31)25-15-9-11-17-29(25)33(23)19-13-7-5-3-4-6-8-14-20-34-24(2)22-28(32)26-16-10-12-18-30(26)34/h9-12,15-18,21-22,31-32H,3-8,13-14,19-20H2,1-2H3/p+1. The van der Waals surface area contributed by atoms with Gasteiger partial charge in [0.1, 0.15) is 6.54 Å². The highest BCUT2D eigenvalue weighted by Crippen LogP contribution is 2.19. The summed E-state index contributed by atoms with van der Waals surface area (Å²) in [5.74, 6) is 0. The van der Waals surface area contributed by atoms with Crippen LogP contribution in [-0.2, 0) is 13.1 Å². The molecule has 0 amide bonds. The summed E-state index contributed by atoms with van der Waals surface area (Å²) in [6.07, 6.45) is 10.3. The van der Waals surface area contributed by atoms with Crippen molar-refractivity contribution >= 4 is 27.5 Å². The highest BCUT2D eigenvalue weighted by molar-refractivity contribution is 5.87. The van der Waals surface area contributed by atoms with E-state index in [0.29, 0.717) is 5.36 Å². The highest BCUT2D eigenvalue weighted by atomic mass is 15.0. The third-order valence-corrected chi connectivity index (χ3v) is 7.07. The van der Waals surface area contributed by atoms with Crippen LogP contribution in [0.15, 0.2) is 60.7 Å². The molecular weight excluding hydrogens is 416 g/mol. The van der Waals surface area contributed by atoms with Crippen molar-refractivity contribution in [3.63, 3.8) is 0 Å². The van der Waals surface area contributed by atoms with Gasteiger partial charge in [-0.1, -0.05) is 62.4 Å². The molecule has 0 spiro atoms. The number of aryl methyl sites for hydroxylation is 4. The van der Waals surface area contributed by atoms with Crippen LogP contribution in [0.2, 0.25) is 0 Å². The molecule has 2 heterocycles. The molecule has 178 valence electrons. The van der Waals surface area contributed by atoms with Gasteiger partial charge in [0, 0.05) is 43.1 Å². The van der Waals surface area contributed by atoms with Crippen molar-refractivity contribution in [1.82, 2.24) is 4.57 Å². The van der Waals surface area contributed by atoms with E-state index in [2.05, 4.69) is 71.5 Å². The Morgan fingerprint density at radius 1 is 0.765 bits per heavy atom. The number of pyridine rings is 2. The summed E-state index contributed by atoms with van der Waals surface area (Å²) in [4.78, 5) is 0. The minimum atomic E-state index is 0.627. The van der Waals surface area contributed by atoms with Gasteiger partial charge in [0.2, 0.25) is 5.52 Å². The molecule has 0 aliphatic carbocycles. The van der Waals surface area contributed by atoms with Crippen LogP contribution >= 0.6 is 0 Å². The Hall–Kier alpha value is -3.14. The molecular formula is C30H39N4+. The zero-order valence-electron chi connectivity index (χ0n) is 20.8. The van der Waals surface area contributed by atoms with Crippen LogP contribution < -0.4 is 15.7 Å². The molecule has 4 nitrogen and oxygen atoms in total. The van der Waals surface area contributed by atoms with E-state index >= 15 is 0 Å². The number of aromatic nitrogens is 2. The average molecular weight is 456 g/mol. The molecule has 2 aromatic carbocycles. The molecule has 0 aliphatic rings. The summed E-state index contributed by atoms with van der Waals surface area (Å²) >= 11 is 0. The molecule has 0 unspecified atom stereocenters. The van der Waals surface area contributed by atoms with E-state index in [4.69, 9.17) is 11.1 Å². The Morgan fingerprint density at radius 2 is 1.38 bits per heavy atom. The lowest BCUT2D eigenvalue weighted by atomic mass is 10.1. The maximum Gasteiger partial charge on any atom is 0.214 e. The number of hydrogen-bond acceptors (Lipinski definition) is 2. The fourth-order valence-corrected chi connectivity index (χ4v) is 5.21. The van der Waals surface area contributed by atoms with E-state index in [-0.39, 0.29) is 0 Å². The van der Waals surface area contributed by atoms with Crippen LogP contribution in [0, 0.1) is 19.3 Å². The van der Waals surface area contributed by atoms with Crippen LogP contribution in [0.4, 0.5) is 5.69 Å². The summed E-state index contributed by atoms with van der Waals surface area (Å²) in [6, 6.07) is 20.9. The third kappa shape index (κ3) is 5.49. The van der Waals surface area contributed by atoms with Gasteiger partial charge in [-0.15, -0.1) is 0 Å². The zero-order chi connectivity index (χ0) is 23.9. The highest BCUT2D eigenvalue weighted by Gasteiger charge is 2.14. The van der Waals surface area contributed by atoms with Crippen molar-refractivity contribution in [1.29, 1.82) is 5.41 Å². The number of unbranched alkanes of at least 4 members (excludes halogenated alkanes) is 7. The second kappa shape index (κ2) is 11.3. The molecule has 4 aromatic rings. The number of hydrogen-bond donors (Lipinski definition) is 2. The molecule has 4 rings (SSSR count). The topological polar surface area (TPSA) is 58.7 Å². The molecule has 34 heavy (non-hydrogen) atoms. The fourth-order valence-electron chi connectivity index (χ4n) is 5.21. The van der Waals surface area contributed by atoms with E-state index in [1.807, 2.05) is 12.1 Å². The number of anilines is 1. The first-order valence-corrected chi connectivity index (χ1v) is 12.9. The molecule has 0 aliphatic heterocycles. The van der Waals surface area contributed by atoms with Crippen LogP contribution in [0.1, 0.15) is 62.8 Å². The van der Waals surface area contributed by atoms with Crippen molar-refractivity contribution in [2.45, 2.75) is 78.3 Å². The van der Waals surface area contributed by atoms with Crippen molar-refractivity contribution in [2.75, 3.05) is 5.73 Å². The quantitative estimate of drug-likeness (QED) is 0.195. The van der Waals surface area contributed by atoms with Crippen LogP contribution in [-0.4, -0.2) is 4.57 Å². The maximum atomic E-state index is 8.22. The Labute approximate surface area is 203 Å². The number of nitrogens with zero attached hydrogens (tertiary/aromatic N) is 2. The van der Waals surface area contributed by atoms with E-state index < -0.39 is 0 Å². The van der Waals surface area contributed by atoms with Gasteiger partial charge in [0.05, 0.1) is 21.9 Å². The molecule has 4 heteroatoms. The number of nitrogens with one attached hydrogen (secondary N) is 1. The summed E-state index contributed by atoms with van der Waals surface area (Å²) < 4.78 is 4.80. The monoisotopic (exact) mass is 455 g/mol. The molecule has 0 fully saturated rings. The van der Waals surface area contributed by atoms with Crippen molar-refractivity contribution in [3.8, 4) is 0 Å². The van der Waals surface area contributed by atoms with Crippen LogP contribution in [0.5, 0.6) is 0 Å². The Morgan fingerprint density at radius 3 is 2.15 bits per heavy atom. The summed E-state index contributed by atoms with van der Waals surface area (Å²) in [7, 11) is 0. The minimum absolute atomic E-state index is 0.627. The normalized spacial score (nSPS) is 11.5. The van der Waals surface area contributed by atoms with Gasteiger partial charge in [-0.25, -0.2) is 0 Å². The largest absolute Gasteiger partial charge is 0.398 e. The van der Waals surface area contributed by atoms with Crippen molar-refractivity contribution < 1.29 is 4.57 Å². The molecule has 0 saturated heterocycles. The van der Waals surface area contributed by atoms with Crippen LogP contribution in [0.25, 0.3) is 21.8 Å². The second-order valence-electron chi connectivity index (χ2n) is 9.61. The van der Waals surface area contributed by atoms with Crippen molar-refractivity contribution in [3.05, 3.63) is 77.4 Å². The smallest absolute Gasteiger partial charge is 0.214 e. The lowest BCUT2D eigenvalue weighted by Gasteiger charge is -2.15. The number of nitrogen functional groups attached to an aromatic ring is 1. The first-order valence-electron chi connectivity index (χ1n) is 12.9. The van der Waals surface area contributed by atoms with E-state index in [0.717, 1.165) is 29.5 Å². The van der Waals surface area contributed by atoms with Crippen LogP contribution in [0.3, 0.4) is 0 Å². The lowest BCUT2D eigenvalue weighted by Crippen LogP contribution is -2.38. The van der Waals surface area contributed by atoms with Gasteiger partial charge < -0.3 is 15.7 Å². The number of fused-ring (bicyclic) bond motifs is 2. The van der Waals surface area contributed by atoms with E-state index in [9.17, 15) is 0 Å². The first-order chi connectivity index (χ1) is 16.6. The Kier molecular flexibility index (Phi) is 7.99. The molecule has 0 radical (unpaired) electrons. The minimum Gasteiger partial charge on any atom is -0.398 e. The number of nitrogens with two attached hydrogens (primary N) is 1.